The van der Waals surface area contributed by atoms with Gasteiger partial charge in [-0.25, -0.2) is 0 Å². The van der Waals surface area contributed by atoms with Crippen LogP contribution in [0.25, 0.3) is 0 Å². The Hall–Kier alpha value is -1.35. The molecule has 1 aromatic carbocycles. The quantitative estimate of drug-likeness (QED) is 0.898. The second-order valence-corrected chi connectivity index (χ2v) is 6.16. The summed E-state index contributed by atoms with van der Waals surface area (Å²) in [5.74, 6) is 0.836. The lowest BCUT2D eigenvalue weighted by Gasteiger charge is -2.24. The summed E-state index contributed by atoms with van der Waals surface area (Å²) < 4.78 is 0. The van der Waals surface area contributed by atoms with E-state index in [0.717, 1.165) is 44.6 Å². The monoisotopic (exact) mass is 272 g/mol. The number of likely N-dealkylation sites (tertiary alicyclic amines) is 1. The van der Waals surface area contributed by atoms with Crippen LogP contribution >= 0.6 is 0 Å². The van der Waals surface area contributed by atoms with Crippen LogP contribution in [-0.4, -0.2) is 37.0 Å². The van der Waals surface area contributed by atoms with Gasteiger partial charge < -0.3 is 10.2 Å². The molecule has 0 saturated carbocycles. The summed E-state index contributed by atoms with van der Waals surface area (Å²) in [4.78, 5) is 14.5. The summed E-state index contributed by atoms with van der Waals surface area (Å²) in [7, 11) is 0. The Morgan fingerprint density at radius 2 is 1.85 bits per heavy atom. The van der Waals surface area contributed by atoms with Crippen molar-refractivity contribution in [3.8, 4) is 0 Å². The van der Waals surface area contributed by atoms with Crippen molar-refractivity contribution >= 4 is 5.91 Å². The van der Waals surface area contributed by atoms with Crippen LogP contribution < -0.4 is 5.32 Å². The molecule has 1 amide bonds. The zero-order valence-electron chi connectivity index (χ0n) is 12.3. The van der Waals surface area contributed by atoms with E-state index in [-0.39, 0.29) is 5.91 Å². The number of carbonyl (C=O) groups is 1. The third-order valence-corrected chi connectivity index (χ3v) is 4.55. The van der Waals surface area contributed by atoms with E-state index in [1.807, 2.05) is 11.0 Å². The lowest BCUT2D eigenvalue weighted by molar-refractivity contribution is 0.0792. The molecular formula is C17H24N2O. The van der Waals surface area contributed by atoms with Crippen LogP contribution in [0.3, 0.4) is 0 Å². The smallest absolute Gasteiger partial charge is 0.253 e. The van der Waals surface area contributed by atoms with Crippen LogP contribution in [0.2, 0.25) is 0 Å². The van der Waals surface area contributed by atoms with E-state index in [0.29, 0.717) is 5.92 Å². The first-order chi connectivity index (χ1) is 9.74. The molecule has 2 aliphatic rings. The second kappa shape index (κ2) is 5.96. The fraction of sp³-hybridized carbons (Fsp3) is 0.588. The molecule has 2 fully saturated rings. The second-order valence-electron chi connectivity index (χ2n) is 6.16. The van der Waals surface area contributed by atoms with Crippen molar-refractivity contribution in [1.82, 2.24) is 10.2 Å². The molecule has 0 bridgehead atoms. The van der Waals surface area contributed by atoms with Crippen LogP contribution in [0.1, 0.15) is 53.1 Å². The Morgan fingerprint density at radius 3 is 2.55 bits per heavy atom. The Morgan fingerprint density at radius 1 is 1.15 bits per heavy atom. The minimum atomic E-state index is 0.224. The molecule has 2 saturated heterocycles. The third kappa shape index (κ3) is 2.88. The average molecular weight is 272 g/mol. The van der Waals surface area contributed by atoms with Gasteiger partial charge in [0.15, 0.2) is 0 Å². The molecule has 3 heteroatoms. The number of rotatable bonds is 2. The summed E-state index contributed by atoms with van der Waals surface area (Å²) in [6.45, 7) is 6.14. The minimum Gasteiger partial charge on any atom is -0.339 e. The first-order valence-electron chi connectivity index (χ1n) is 7.85. The molecule has 0 spiro atoms. The van der Waals surface area contributed by atoms with Crippen LogP contribution in [-0.2, 0) is 0 Å². The maximum absolute atomic E-state index is 12.5. The van der Waals surface area contributed by atoms with Crippen molar-refractivity contribution in [2.45, 2.75) is 38.5 Å². The number of amides is 1. The molecular weight excluding hydrogens is 248 g/mol. The van der Waals surface area contributed by atoms with Crippen molar-refractivity contribution in [2.75, 3.05) is 26.2 Å². The highest BCUT2D eigenvalue weighted by Crippen LogP contribution is 2.27. The zero-order valence-corrected chi connectivity index (χ0v) is 12.3. The molecule has 0 radical (unpaired) electrons. The molecule has 2 aliphatic heterocycles. The summed E-state index contributed by atoms with van der Waals surface area (Å²) in [6.07, 6.45) is 4.67. The molecule has 20 heavy (non-hydrogen) atoms. The summed E-state index contributed by atoms with van der Waals surface area (Å²) >= 11 is 0. The molecule has 0 aromatic heterocycles. The minimum absolute atomic E-state index is 0.224. The van der Waals surface area contributed by atoms with E-state index in [2.05, 4.69) is 24.4 Å². The number of aryl methyl sites for hydroxylation is 1. The van der Waals surface area contributed by atoms with Gasteiger partial charge >= 0.3 is 0 Å². The van der Waals surface area contributed by atoms with Gasteiger partial charge in [0.2, 0.25) is 0 Å². The Kier molecular flexibility index (Phi) is 4.06. The van der Waals surface area contributed by atoms with Crippen LogP contribution in [0, 0.1) is 6.92 Å². The van der Waals surface area contributed by atoms with Gasteiger partial charge in [-0.3, -0.25) is 4.79 Å². The van der Waals surface area contributed by atoms with E-state index in [1.54, 1.807) is 0 Å². The fourth-order valence-corrected chi connectivity index (χ4v) is 3.43. The number of nitrogens with zero attached hydrogens (tertiary/aromatic N) is 1. The number of hydrogen-bond acceptors (Lipinski definition) is 2. The van der Waals surface area contributed by atoms with Crippen LogP contribution in [0.5, 0.6) is 0 Å². The van der Waals surface area contributed by atoms with E-state index in [9.17, 15) is 4.79 Å². The maximum atomic E-state index is 12.5. The van der Waals surface area contributed by atoms with Gasteiger partial charge in [-0.1, -0.05) is 11.6 Å². The number of nitrogens with one attached hydrogen (secondary N) is 1. The van der Waals surface area contributed by atoms with Gasteiger partial charge in [0, 0.05) is 18.7 Å². The highest BCUT2D eigenvalue weighted by atomic mass is 16.2. The van der Waals surface area contributed by atoms with Gasteiger partial charge in [0.1, 0.15) is 0 Å². The normalized spacial score (nSPS) is 20.4. The van der Waals surface area contributed by atoms with Crippen molar-refractivity contribution < 1.29 is 4.79 Å². The third-order valence-electron chi connectivity index (χ3n) is 4.55. The van der Waals surface area contributed by atoms with Gasteiger partial charge in [0.05, 0.1) is 0 Å². The van der Waals surface area contributed by atoms with Gasteiger partial charge in [-0.05, 0) is 69.3 Å². The highest BCUT2D eigenvalue weighted by molar-refractivity contribution is 5.94. The standard InChI is InChI=1S/C17H24N2O/c1-13-10-15(14-4-6-18-7-5-14)12-16(11-13)17(20)19-8-2-3-9-19/h10-12,14,18H,2-9H2,1H3. The summed E-state index contributed by atoms with van der Waals surface area (Å²) in [5, 5.41) is 3.41. The van der Waals surface area contributed by atoms with Crippen molar-refractivity contribution in [1.29, 1.82) is 0 Å². The largest absolute Gasteiger partial charge is 0.339 e. The average Bonchev–Trinajstić information content (AvgIpc) is 3.01. The maximum Gasteiger partial charge on any atom is 0.253 e. The Bertz CT molecular complexity index is 486. The molecule has 0 unspecified atom stereocenters. The predicted molar refractivity (Wildman–Crippen MR) is 81.2 cm³/mol. The number of piperidine rings is 1. The van der Waals surface area contributed by atoms with Crippen molar-refractivity contribution in [3.63, 3.8) is 0 Å². The van der Waals surface area contributed by atoms with Gasteiger partial charge in [-0.2, -0.15) is 0 Å². The number of benzene rings is 1. The predicted octanol–water partition coefficient (Wildman–Crippen LogP) is 2.70. The van der Waals surface area contributed by atoms with Gasteiger partial charge in [-0.15, -0.1) is 0 Å². The fourth-order valence-electron chi connectivity index (χ4n) is 3.43. The van der Waals surface area contributed by atoms with E-state index in [1.165, 1.54) is 24.0 Å². The SMILES string of the molecule is Cc1cc(C(=O)N2CCCC2)cc(C2CCNCC2)c1. The molecule has 0 atom stereocenters. The van der Waals surface area contributed by atoms with Crippen molar-refractivity contribution in [3.05, 3.63) is 34.9 Å². The molecule has 1 N–H and O–H groups in total. The molecule has 3 nitrogen and oxygen atoms in total. The molecule has 2 heterocycles. The van der Waals surface area contributed by atoms with Crippen molar-refractivity contribution in [2.24, 2.45) is 0 Å². The highest BCUT2D eigenvalue weighted by Gasteiger charge is 2.22. The first kappa shape index (κ1) is 13.6. The molecule has 108 valence electrons. The first-order valence-corrected chi connectivity index (χ1v) is 7.85. The number of carbonyl (C=O) groups excluding carboxylic acids is 1. The lowest BCUT2D eigenvalue weighted by atomic mass is 9.88. The summed E-state index contributed by atoms with van der Waals surface area (Å²) in [5.41, 5.74) is 3.46. The Labute approximate surface area is 121 Å². The topological polar surface area (TPSA) is 32.3 Å². The van der Waals surface area contributed by atoms with E-state index < -0.39 is 0 Å². The Balaban J connectivity index is 1.83. The van der Waals surface area contributed by atoms with Crippen LogP contribution in [0.4, 0.5) is 0 Å². The molecule has 3 rings (SSSR count). The number of hydrogen-bond donors (Lipinski definition) is 1. The molecule has 0 aliphatic carbocycles. The van der Waals surface area contributed by atoms with Gasteiger partial charge in [0.25, 0.3) is 5.91 Å². The van der Waals surface area contributed by atoms with Crippen LogP contribution in [0.15, 0.2) is 18.2 Å². The zero-order chi connectivity index (χ0) is 13.9. The van der Waals surface area contributed by atoms with E-state index in [4.69, 9.17) is 0 Å². The lowest BCUT2D eigenvalue weighted by Crippen LogP contribution is -2.28. The summed E-state index contributed by atoms with van der Waals surface area (Å²) in [6, 6.07) is 6.45. The molecule has 1 aromatic rings. The van der Waals surface area contributed by atoms with E-state index >= 15 is 0 Å².